The van der Waals surface area contributed by atoms with Crippen molar-refractivity contribution in [1.29, 1.82) is 0 Å². The summed E-state index contributed by atoms with van der Waals surface area (Å²) in [5.41, 5.74) is 0.565. The Kier molecular flexibility index (Phi) is 4.93. The number of benzene rings is 1. The molecule has 0 saturated carbocycles. The highest BCUT2D eigenvalue weighted by Crippen LogP contribution is 2.31. The van der Waals surface area contributed by atoms with Crippen molar-refractivity contribution in [1.82, 2.24) is 4.90 Å². The van der Waals surface area contributed by atoms with E-state index >= 15 is 0 Å². The Balaban J connectivity index is 2.13. The number of aliphatic carboxylic acids is 1. The summed E-state index contributed by atoms with van der Waals surface area (Å²) >= 11 is 11.8. The fourth-order valence-corrected chi connectivity index (χ4v) is 2.66. The van der Waals surface area contributed by atoms with Gasteiger partial charge < -0.3 is 14.9 Å². The van der Waals surface area contributed by atoms with Crippen molar-refractivity contribution in [3.63, 3.8) is 0 Å². The topological polar surface area (TPSA) is 77.9 Å². The molecule has 1 aliphatic rings. The van der Waals surface area contributed by atoms with Gasteiger partial charge in [-0.25, -0.2) is 0 Å². The number of rotatable bonds is 4. The van der Waals surface area contributed by atoms with Gasteiger partial charge in [0.15, 0.2) is 0 Å². The third-order valence-electron chi connectivity index (χ3n) is 3.47. The summed E-state index contributed by atoms with van der Waals surface area (Å²) in [7, 11) is 1.37. The third kappa shape index (κ3) is 3.34. The molecule has 0 aromatic heterocycles. The minimum Gasteiger partial charge on any atom is -0.480 e. The van der Waals surface area contributed by atoms with E-state index < -0.39 is 24.3 Å². The number of amides is 2. The number of nitrogens with zero attached hydrogens (tertiary/aromatic N) is 2. The first-order valence-electron chi connectivity index (χ1n) is 6.54. The van der Waals surface area contributed by atoms with Gasteiger partial charge in [-0.1, -0.05) is 23.2 Å². The Morgan fingerprint density at radius 2 is 2.05 bits per heavy atom. The van der Waals surface area contributed by atoms with Crippen LogP contribution < -0.4 is 4.90 Å². The van der Waals surface area contributed by atoms with Gasteiger partial charge in [-0.2, -0.15) is 0 Å². The first-order valence-corrected chi connectivity index (χ1v) is 7.30. The predicted molar refractivity (Wildman–Crippen MR) is 82.2 cm³/mol. The van der Waals surface area contributed by atoms with Gasteiger partial charge in [-0.05, 0) is 24.6 Å². The quantitative estimate of drug-likeness (QED) is 0.846. The molecule has 1 N–H and O–H groups in total. The van der Waals surface area contributed by atoms with Crippen LogP contribution in [-0.2, 0) is 14.4 Å². The average molecular weight is 345 g/mol. The van der Waals surface area contributed by atoms with E-state index in [0.717, 1.165) is 4.90 Å². The van der Waals surface area contributed by atoms with Crippen LogP contribution in [0.4, 0.5) is 5.69 Å². The van der Waals surface area contributed by atoms with Crippen LogP contribution in [0.15, 0.2) is 18.2 Å². The fraction of sp³-hybridized carbons (Fsp3) is 0.357. The number of hydrogen-bond donors (Lipinski definition) is 1. The lowest BCUT2D eigenvalue weighted by Crippen LogP contribution is -2.40. The standard InChI is InChI=1S/C14H14Cl2N2O4/c1-17(7-12(19)20)13(21)9-4-5-18(14(9)22)8-2-3-10(15)11(16)6-8/h2-3,6,9H,4-5,7H2,1H3,(H,19,20). The van der Waals surface area contributed by atoms with Crippen molar-refractivity contribution in [2.45, 2.75) is 6.42 Å². The van der Waals surface area contributed by atoms with E-state index in [0.29, 0.717) is 28.7 Å². The summed E-state index contributed by atoms with van der Waals surface area (Å²) in [5, 5.41) is 9.42. The number of anilines is 1. The molecule has 1 saturated heterocycles. The second-order valence-corrected chi connectivity index (χ2v) is 5.83. The highest BCUT2D eigenvalue weighted by atomic mass is 35.5. The van der Waals surface area contributed by atoms with Gasteiger partial charge >= 0.3 is 5.97 Å². The molecular formula is C14H14Cl2N2O4. The number of halogens is 2. The summed E-state index contributed by atoms with van der Waals surface area (Å²) < 4.78 is 0. The summed E-state index contributed by atoms with van der Waals surface area (Å²) in [6.45, 7) is -0.0660. The number of carboxylic acid groups (broad SMARTS) is 1. The minimum absolute atomic E-state index is 0.324. The second kappa shape index (κ2) is 6.54. The summed E-state index contributed by atoms with van der Waals surface area (Å²) in [5.74, 6) is -2.84. The molecule has 6 nitrogen and oxygen atoms in total. The SMILES string of the molecule is CN(CC(=O)O)C(=O)C1CCN(c2ccc(Cl)c(Cl)c2)C1=O. The van der Waals surface area contributed by atoms with Crippen LogP contribution in [0.3, 0.4) is 0 Å². The molecule has 1 fully saturated rings. The maximum Gasteiger partial charge on any atom is 0.323 e. The second-order valence-electron chi connectivity index (χ2n) is 5.02. The number of carboxylic acids is 1. The fourth-order valence-electron chi connectivity index (χ4n) is 2.37. The monoisotopic (exact) mass is 344 g/mol. The molecule has 1 aromatic carbocycles. The molecule has 8 heteroatoms. The van der Waals surface area contributed by atoms with Crippen molar-refractivity contribution in [2.24, 2.45) is 5.92 Å². The van der Waals surface area contributed by atoms with E-state index in [4.69, 9.17) is 28.3 Å². The third-order valence-corrected chi connectivity index (χ3v) is 4.21. The molecule has 0 spiro atoms. The minimum atomic E-state index is -1.12. The van der Waals surface area contributed by atoms with Crippen molar-refractivity contribution in [2.75, 3.05) is 25.0 Å². The molecular weight excluding hydrogens is 331 g/mol. The van der Waals surface area contributed by atoms with Gasteiger partial charge in [-0.3, -0.25) is 14.4 Å². The molecule has 2 rings (SSSR count). The van der Waals surface area contributed by atoms with Crippen LogP contribution in [0.5, 0.6) is 0 Å². The van der Waals surface area contributed by atoms with Crippen molar-refractivity contribution in [3.05, 3.63) is 28.2 Å². The highest BCUT2D eigenvalue weighted by molar-refractivity contribution is 6.42. The zero-order valence-electron chi connectivity index (χ0n) is 11.8. The Morgan fingerprint density at radius 3 is 2.64 bits per heavy atom. The molecule has 1 aromatic rings. The van der Waals surface area contributed by atoms with E-state index in [1.54, 1.807) is 18.2 Å². The smallest absolute Gasteiger partial charge is 0.323 e. The molecule has 1 heterocycles. The van der Waals surface area contributed by atoms with Gasteiger partial charge in [-0.15, -0.1) is 0 Å². The molecule has 22 heavy (non-hydrogen) atoms. The maximum absolute atomic E-state index is 12.4. The van der Waals surface area contributed by atoms with Crippen molar-refractivity contribution >= 4 is 46.7 Å². The van der Waals surface area contributed by atoms with Crippen LogP contribution >= 0.6 is 23.2 Å². The molecule has 0 bridgehead atoms. The van der Waals surface area contributed by atoms with E-state index in [1.807, 2.05) is 0 Å². The first-order chi connectivity index (χ1) is 10.3. The van der Waals surface area contributed by atoms with E-state index in [1.165, 1.54) is 11.9 Å². The van der Waals surface area contributed by atoms with Crippen LogP contribution in [0.1, 0.15) is 6.42 Å². The molecule has 1 unspecified atom stereocenters. The number of likely N-dealkylation sites (N-methyl/N-ethyl adjacent to an activating group) is 1. The van der Waals surface area contributed by atoms with E-state index in [-0.39, 0.29) is 5.91 Å². The normalized spacial score (nSPS) is 17.7. The number of hydrogen-bond acceptors (Lipinski definition) is 3. The van der Waals surface area contributed by atoms with Crippen molar-refractivity contribution in [3.8, 4) is 0 Å². The lowest BCUT2D eigenvalue weighted by Gasteiger charge is -2.20. The Morgan fingerprint density at radius 1 is 1.36 bits per heavy atom. The van der Waals surface area contributed by atoms with Gasteiger partial charge in [0, 0.05) is 19.3 Å². The lowest BCUT2D eigenvalue weighted by molar-refractivity contribution is -0.146. The largest absolute Gasteiger partial charge is 0.480 e. The van der Waals surface area contributed by atoms with Gasteiger partial charge in [0.05, 0.1) is 10.0 Å². The summed E-state index contributed by atoms with van der Waals surface area (Å²) in [6, 6.07) is 4.80. The Bertz CT molecular complexity index is 635. The Labute approximate surface area is 137 Å². The maximum atomic E-state index is 12.4. The van der Waals surface area contributed by atoms with Crippen LogP contribution in [0, 0.1) is 5.92 Å². The lowest BCUT2D eigenvalue weighted by atomic mass is 10.1. The molecule has 2 amide bonds. The van der Waals surface area contributed by atoms with E-state index in [9.17, 15) is 14.4 Å². The molecule has 0 radical (unpaired) electrons. The first kappa shape index (κ1) is 16.6. The predicted octanol–water partition coefficient (Wildman–Crippen LogP) is 1.89. The van der Waals surface area contributed by atoms with Gasteiger partial charge in [0.1, 0.15) is 12.5 Å². The zero-order valence-corrected chi connectivity index (χ0v) is 13.3. The number of carbonyl (C=O) groups excluding carboxylic acids is 2. The number of carbonyl (C=O) groups is 3. The van der Waals surface area contributed by atoms with E-state index in [2.05, 4.69) is 0 Å². The zero-order chi connectivity index (χ0) is 16.4. The average Bonchev–Trinajstić information content (AvgIpc) is 2.82. The van der Waals surface area contributed by atoms with Crippen LogP contribution in [0.2, 0.25) is 10.0 Å². The van der Waals surface area contributed by atoms with Crippen LogP contribution in [0.25, 0.3) is 0 Å². The van der Waals surface area contributed by atoms with Crippen molar-refractivity contribution < 1.29 is 19.5 Å². The molecule has 1 aliphatic heterocycles. The summed E-state index contributed by atoms with van der Waals surface area (Å²) in [4.78, 5) is 37.7. The van der Waals surface area contributed by atoms with Gasteiger partial charge in [0.2, 0.25) is 11.8 Å². The van der Waals surface area contributed by atoms with Crippen LogP contribution in [-0.4, -0.2) is 47.9 Å². The highest BCUT2D eigenvalue weighted by Gasteiger charge is 2.39. The molecule has 118 valence electrons. The molecule has 0 aliphatic carbocycles. The molecule has 1 atom stereocenters. The Hall–Kier alpha value is -1.79. The van der Waals surface area contributed by atoms with Gasteiger partial charge in [0.25, 0.3) is 0 Å². The summed E-state index contributed by atoms with van der Waals surface area (Å²) in [6.07, 6.45) is 0.335.